The monoisotopic (exact) mass is 294 g/mol. The van der Waals surface area contributed by atoms with Gasteiger partial charge in [-0.05, 0) is 12.8 Å². The molecule has 118 valence electrons. The highest BCUT2D eigenvalue weighted by atomic mass is 16.5. The largest absolute Gasteiger partial charge is 0.396 e. The van der Waals surface area contributed by atoms with E-state index in [1.54, 1.807) is 6.07 Å². The van der Waals surface area contributed by atoms with Crippen molar-refractivity contribution in [2.75, 3.05) is 6.61 Å². The van der Waals surface area contributed by atoms with Crippen LogP contribution in [0, 0.1) is 5.92 Å². The van der Waals surface area contributed by atoms with Gasteiger partial charge in [-0.3, -0.25) is 4.79 Å². The van der Waals surface area contributed by atoms with Crippen molar-refractivity contribution in [2.24, 2.45) is 5.92 Å². The lowest BCUT2D eigenvalue weighted by Gasteiger charge is -2.23. The Hall–Kier alpha value is -1.36. The molecular weight excluding hydrogens is 268 g/mol. The molecule has 1 aliphatic carbocycles. The van der Waals surface area contributed by atoms with Gasteiger partial charge >= 0.3 is 0 Å². The van der Waals surface area contributed by atoms with Gasteiger partial charge in [0.2, 0.25) is 0 Å². The van der Waals surface area contributed by atoms with Gasteiger partial charge in [-0.25, -0.2) is 0 Å². The fourth-order valence-corrected chi connectivity index (χ4v) is 2.77. The number of nitrogens with zero attached hydrogens (tertiary/aromatic N) is 1. The lowest BCUT2D eigenvalue weighted by atomic mass is 9.93. The molecular formula is C16H26N2O3. The van der Waals surface area contributed by atoms with E-state index < -0.39 is 0 Å². The van der Waals surface area contributed by atoms with Crippen LogP contribution in [-0.4, -0.2) is 28.8 Å². The number of nitrogens with one attached hydrogen (secondary N) is 1. The zero-order valence-corrected chi connectivity index (χ0v) is 13.2. The number of aliphatic hydroxyl groups is 1. The minimum absolute atomic E-state index is 0.0276. The van der Waals surface area contributed by atoms with Gasteiger partial charge in [0.05, 0.1) is 0 Å². The molecule has 5 heteroatoms. The number of hydrogen-bond acceptors (Lipinski definition) is 4. The number of amides is 1. The number of aromatic nitrogens is 1. The van der Waals surface area contributed by atoms with Crippen molar-refractivity contribution in [1.29, 1.82) is 0 Å². The van der Waals surface area contributed by atoms with Crippen LogP contribution in [0.4, 0.5) is 0 Å². The van der Waals surface area contributed by atoms with Crippen molar-refractivity contribution < 1.29 is 14.4 Å². The Morgan fingerprint density at radius 3 is 2.71 bits per heavy atom. The quantitative estimate of drug-likeness (QED) is 0.840. The Morgan fingerprint density at radius 2 is 2.10 bits per heavy atom. The second-order valence-corrected chi connectivity index (χ2v) is 6.99. The second-order valence-electron chi connectivity index (χ2n) is 6.99. The maximum atomic E-state index is 12.3. The molecule has 1 fully saturated rings. The summed E-state index contributed by atoms with van der Waals surface area (Å²) >= 11 is 0. The summed E-state index contributed by atoms with van der Waals surface area (Å²) in [7, 11) is 0. The molecule has 0 radical (unpaired) electrons. The summed E-state index contributed by atoms with van der Waals surface area (Å²) in [5.41, 5.74) is 0.155. The molecule has 2 atom stereocenters. The fourth-order valence-electron chi connectivity index (χ4n) is 2.77. The molecule has 0 spiro atoms. The molecule has 0 aromatic carbocycles. The number of carbonyl (C=O) groups excluding carboxylic acids is 1. The van der Waals surface area contributed by atoms with Gasteiger partial charge in [-0.2, -0.15) is 0 Å². The second kappa shape index (κ2) is 6.60. The smallest absolute Gasteiger partial charge is 0.273 e. The minimum Gasteiger partial charge on any atom is -0.396 e. The molecule has 1 aliphatic rings. The van der Waals surface area contributed by atoms with Crippen molar-refractivity contribution in [2.45, 2.75) is 64.3 Å². The van der Waals surface area contributed by atoms with Gasteiger partial charge in [-0.15, -0.1) is 0 Å². The third kappa shape index (κ3) is 4.06. The zero-order valence-electron chi connectivity index (χ0n) is 13.2. The van der Waals surface area contributed by atoms with E-state index in [4.69, 9.17) is 4.52 Å². The van der Waals surface area contributed by atoms with Crippen LogP contribution in [0.3, 0.4) is 0 Å². The SMILES string of the molecule is CC(C)(C)c1cc(C(=O)NC2CCCCCC2CO)no1. The average Bonchev–Trinajstić information content (AvgIpc) is 2.82. The third-order valence-electron chi connectivity index (χ3n) is 4.19. The van der Waals surface area contributed by atoms with Gasteiger partial charge in [-0.1, -0.05) is 45.2 Å². The molecule has 1 aromatic rings. The van der Waals surface area contributed by atoms with E-state index in [-0.39, 0.29) is 29.9 Å². The first-order valence-corrected chi connectivity index (χ1v) is 7.80. The zero-order chi connectivity index (χ0) is 15.5. The van der Waals surface area contributed by atoms with E-state index >= 15 is 0 Å². The summed E-state index contributed by atoms with van der Waals surface area (Å²) in [5.74, 6) is 0.636. The Balaban J connectivity index is 2.04. The number of carbonyl (C=O) groups is 1. The Bertz CT molecular complexity index is 476. The highest BCUT2D eigenvalue weighted by molar-refractivity contribution is 5.92. The molecule has 5 nitrogen and oxygen atoms in total. The van der Waals surface area contributed by atoms with Gasteiger partial charge < -0.3 is 14.9 Å². The topological polar surface area (TPSA) is 75.4 Å². The van der Waals surface area contributed by atoms with Crippen molar-refractivity contribution in [1.82, 2.24) is 10.5 Å². The summed E-state index contributed by atoms with van der Waals surface area (Å²) in [6.45, 7) is 6.17. The van der Waals surface area contributed by atoms with Crippen LogP contribution in [0.15, 0.2) is 10.6 Å². The number of rotatable bonds is 3. The first-order chi connectivity index (χ1) is 9.91. The molecule has 0 saturated heterocycles. The predicted molar refractivity (Wildman–Crippen MR) is 80.1 cm³/mol. The highest BCUT2D eigenvalue weighted by Gasteiger charge is 2.27. The molecule has 0 aliphatic heterocycles. The summed E-state index contributed by atoms with van der Waals surface area (Å²) in [6.07, 6.45) is 5.26. The van der Waals surface area contributed by atoms with E-state index in [0.29, 0.717) is 11.5 Å². The number of aliphatic hydroxyl groups excluding tert-OH is 1. The van der Waals surface area contributed by atoms with Crippen molar-refractivity contribution in [3.05, 3.63) is 17.5 Å². The van der Waals surface area contributed by atoms with Crippen LogP contribution in [0.1, 0.15) is 69.1 Å². The van der Waals surface area contributed by atoms with Crippen molar-refractivity contribution in [3.8, 4) is 0 Å². The molecule has 1 amide bonds. The fraction of sp³-hybridized carbons (Fsp3) is 0.750. The summed E-state index contributed by atoms with van der Waals surface area (Å²) < 4.78 is 5.26. The van der Waals surface area contributed by atoms with E-state index in [0.717, 1.165) is 25.7 Å². The molecule has 2 unspecified atom stereocenters. The van der Waals surface area contributed by atoms with Crippen LogP contribution in [-0.2, 0) is 5.41 Å². The highest BCUT2D eigenvalue weighted by Crippen LogP contribution is 2.25. The van der Waals surface area contributed by atoms with Crippen LogP contribution >= 0.6 is 0 Å². The first kappa shape index (κ1) is 16.0. The molecule has 21 heavy (non-hydrogen) atoms. The van der Waals surface area contributed by atoms with E-state index in [9.17, 15) is 9.90 Å². The summed E-state index contributed by atoms with van der Waals surface area (Å²) in [5, 5.41) is 16.4. The van der Waals surface area contributed by atoms with Crippen LogP contribution in [0.5, 0.6) is 0 Å². The molecule has 0 bridgehead atoms. The van der Waals surface area contributed by atoms with Gasteiger partial charge in [0.15, 0.2) is 5.69 Å². The Morgan fingerprint density at radius 1 is 1.38 bits per heavy atom. The van der Waals surface area contributed by atoms with Crippen LogP contribution in [0.2, 0.25) is 0 Å². The first-order valence-electron chi connectivity index (χ1n) is 7.80. The van der Waals surface area contributed by atoms with Crippen LogP contribution in [0.25, 0.3) is 0 Å². The normalized spacial score (nSPS) is 23.6. The van der Waals surface area contributed by atoms with Gasteiger partial charge in [0, 0.05) is 30.0 Å². The van der Waals surface area contributed by atoms with Crippen LogP contribution < -0.4 is 5.32 Å². The predicted octanol–water partition coefficient (Wildman–Crippen LogP) is 2.64. The van der Waals surface area contributed by atoms with Crippen molar-refractivity contribution >= 4 is 5.91 Å². The molecule has 1 heterocycles. The maximum Gasteiger partial charge on any atom is 0.273 e. The lowest BCUT2D eigenvalue weighted by Crippen LogP contribution is -2.41. The van der Waals surface area contributed by atoms with E-state index in [2.05, 4.69) is 10.5 Å². The minimum atomic E-state index is -0.209. The standard InChI is InChI=1S/C16H26N2O3/c1-16(2,3)14-9-13(18-21-14)15(20)17-12-8-6-4-5-7-11(12)10-19/h9,11-12,19H,4-8,10H2,1-3H3,(H,17,20). The average molecular weight is 294 g/mol. The summed E-state index contributed by atoms with van der Waals surface area (Å²) in [4.78, 5) is 12.3. The van der Waals surface area contributed by atoms with E-state index in [1.807, 2.05) is 20.8 Å². The molecule has 2 N–H and O–H groups in total. The molecule has 2 rings (SSSR count). The van der Waals surface area contributed by atoms with Crippen molar-refractivity contribution in [3.63, 3.8) is 0 Å². The van der Waals surface area contributed by atoms with E-state index in [1.165, 1.54) is 6.42 Å². The summed E-state index contributed by atoms with van der Waals surface area (Å²) in [6, 6.07) is 1.74. The molecule has 1 saturated carbocycles. The van der Waals surface area contributed by atoms with Gasteiger partial charge in [0.25, 0.3) is 5.91 Å². The Kier molecular flexibility index (Phi) is 5.04. The number of hydrogen-bond donors (Lipinski definition) is 2. The third-order valence-corrected chi connectivity index (χ3v) is 4.19. The van der Waals surface area contributed by atoms with Gasteiger partial charge in [0.1, 0.15) is 5.76 Å². The lowest BCUT2D eigenvalue weighted by molar-refractivity contribution is 0.0890. The Labute approximate surface area is 126 Å². The maximum absolute atomic E-state index is 12.3. The molecule has 1 aromatic heterocycles.